The fraction of sp³-hybridized carbons (Fsp3) is 0.308. The molecule has 0 aliphatic carbocycles. The summed E-state index contributed by atoms with van der Waals surface area (Å²) in [4.78, 5) is 0. The smallest absolute Gasteiger partial charge is 0.175 e. The van der Waals surface area contributed by atoms with Crippen molar-refractivity contribution >= 4 is 21.7 Å². The zero-order chi connectivity index (χ0) is 13.4. The summed E-state index contributed by atoms with van der Waals surface area (Å²) in [7, 11) is 0. The lowest BCUT2D eigenvalue weighted by molar-refractivity contribution is 0.169. The second-order valence-corrected chi connectivity index (χ2v) is 5.06. The highest BCUT2D eigenvalue weighted by Gasteiger charge is 2.24. The number of nitrogens with zero attached hydrogens (tertiary/aromatic N) is 1. The first-order valence-electron chi connectivity index (χ1n) is 6.04. The van der Waals surface area contributed by atoms with Gasteiger partial charge in [-0.25, -0.2) is 0 Å². The van der Waals surface area contributed by atoms with Crippen LogP contribution in [0.2, 0.25) is 0 Å². The van der Waals surface area contributed by atoms with E-state index in [4.69, 9.17) is 19.7 Å². The van der Waals surface area contributed by atoms with Crippen molar-refractivity contribution in [1.29, 1.82) is 0 Å². The fourth-order valence-corrected chi connectivity index (χ4v) is 2.73. The van der Waals surface area contributed by atoms with Crippen molar-refractivity contribution in [1.82, 2.24) is 5.16 Å². The van der Waals surface area contributed by atoms with Crippen molar-refractivity contribution in [2.75, 3.05) is 18.9 Å². The van der Waals surface area contributed by atoms with E-state index < -0.39 is 0 Å². The second kappa shape index (κ2) is 4.77. The summed E-state index contributed by atoms with van der Waals surface area (Å²) >= 11 is 3.50. The molecule has 0 atom stereocenters. The molecule has 0 saturated heterocycles. The van der Waals surface area contributed by atoms with Crippen LogP contribution in [0.15, 0.2) is 21.1 Å². The molecule has 0 fully saturated rings. The van der Waals surface area contributed by atoms with Crippen LogP contribution in [-0.2, 0) is 6.42 Å². The van der Waals surface area contributed by atoms with Crippen LogP contribution in [0, 0.1) is 0 Å². The maximum atomic E-state index is 5.75. The summed E-state index contributed by atoms with van der Waals surface area (Å²) in [6.45, 7) is 3.17. The summed E-state index contributed by atoms with van der Waals surface area (Å²) in [5.74, 6) is 2.52. The van der Waals surface area contributed by atoms with Gasteiger partial charge in [-0.3, -0.25) is 0 Å². The molecule has 1 aromatic heterocycles. The zero-order valence-electron chi connectivity index (χ0n) is 10.4. The van der Waals surface area contributed by atoms with E-state index in [2.05, 4.69) is 28.0 Å². The van der Waals surface area contributed by atoms with Crippen LogP contribution in [0.4, 0.5) is 5.82 Å². The van der Waals surface area contributed by atoms with Gasteiger partial charge < -0.3 is 19.7 Å². The molecule has 3 rings (SSSR count). The quantitative estimate of drug-likeness (QED) is 0.919. The van der Waals surface area contributed by atoms with Crippen LogP contribution < -0.4 is 15.2 Å². The van der Waals surface area contributed by atoms with E-state index in [0.29, 0.717) is 24.8 Å². The Hall–Kier alpha value is -1.69. The van der Waals surface area contributed by atoms with Crippen molar-refractivity contribution in [3.05, 3.63) is 22.2 Å². The molecule has 0 bridgehead atoms. The van der Waals surface area contributed by atoms with E-state index in [1.165, 1.54) is 0 Å². The van der Waals surface area contributed by atoms with Crippen LogP contribution in [-0.4, -0.2) is 18.4 Å². The summed E-state index contributed by atoms with van der Waals surface area (Å²) in [6, 6.07) is 3.66. The first-order chi connectivity index (χ1) is 9.20. The van der Waals surface area contributed by atoms with Gasteiger partial charge >= 0.3 is 0 Å². The molecule has 5 nitrogen and oxygen atoms in total. The van der Waals surface area contributed by atoms with Crippen LogP contribution in [0.25, 0.3) is 11.3 Å². The Bertz CT molecular complexity index is 625. The number of hydrogen-bond acceptors (Lipinski definition) is 5. The minimum atomic E-state index is 0.364. The minimum absolute atomic E-state index is 0.364. The van der Waals surface area contributed by atoms with Crippen molar-refractivity contribution in [2.24, 2.45) is 0 Å². The topological polar surface area (TPSA) is 70.5 Å². The molecule has 0 saturated carbocycles. The van der Waals surface area contributed by atoms with Gasteiger partial charge in [-0.2, -0.15) is 0 Å². The van der Waals surface area contributed by atoms with Crippen molar-refractivity contribution in [2.45, 2.75) is 13.3 Å². The lowest BCUT2D eigenvalue weighted by Gasteiger charge is -2.23. The maximum absolute atomic E-state index is 5.75. The van der Waals surface area contributed by atoms with Gasteiger partial charge in [-0.05, 0) is 28.4 Å². The monoisotopic (exact) mass is 324 g/mol. The van der Waals surface area contributed by atoms with Crippen LogP contribution >= 0.6 is 15.9 Å². The predicted octanol–water partition coefficient (Wildman–Crippen LogP) is 3.02. The molecule has 2 heterocycles. The van der Waals surface area contributed by atoms with Crippen LogP contribution in [0.3, 0.4) is 0 Å². The van der Waals surface area contributed by atoms with E-state index in [1.807, 2.05) is 6.07 Å². The maximum Gasteiger partial charge on any atom is 0.175 e. The molecule has 1 aliphatic rings. The number of nitrogens with two attached hydrogens (primary N) is 1. The van der Waals surface area contributed by atoms with Crippen LogP contribution in [0.1, 0.15) is 12.5 Å². The number of benzene rings is 1. The Morgan fingerprint density at radius 3 is 2.63 bits per heavy atom. The minimum Gasteiger partial charge on any atom is -0.486 e. The van der Waals surface area contributed by atoms with Gasteiger partial charge in [-0.1, -0.05) is 12.1 Å². The molecule has 100 valence electrons. The SMILES string of the molecule is CCc1c(-c2cc(N)no2)cc(Br)c2c1OCCO2. The molecule has 0 radical (unpaired) electrons. The third-order valence-corrected chi connectivity index (χ3v) is 3.61. The van der Waals surface area contributed by atoms with Gasteiger partial charge in [0.1, 0.15) is 13.2 Å². The number of halogens is 1. The fourth-order valence-electron chi connectivity index (χ4n) is 2.21. The third kappa shape index (κ3) is 2.06. The molecule has 2 aromatic rings. The molecule has 6 heteroatoms. The molecule has 1 aliphatic heterocycles. The largest absolute Gasteiger partial charge is 0.486 e. The first kappa shape index (κ1) is 12.3. The highest BCUT2D eigenvalue weighted by molar-refractivity contribution is 9.10. The number of ether oxygens (including phenoxy) is 2. The Balaban J connectivity index is 2.22. The lowest BCUT2D eigenvalue weighted by Crippen LogP contribution is -2.17. The van der Waals surface area contributed by atoms with E-state index in [1.54, 1.807) is 6.07 Å². The third-order valence-electron chi connectivity index (χ3n) is 3.02. The molecule has 1 aromatic carbocycles. The molecular weight excluding hydrogens is 312 g/mol. The number of anilines is 1. The first-order valence-corrected chi connectivity index (χ1v) is 6.83. The highest BCUT2D eigenvalue weighted by atomic mass is 79.9. The van der Waals surface area contributed by atoms with Crippen molar-refractivity contribution < 1.29 is 14.0 Å². The Morgan fingerprint density at radius 1 is 1.26 bits per heavy atom. The molecule has 0 amide bonds. The van der Waals surface area contributed by atoms with Gasteiger partial charge in [0, 0.05) is 17.2 Å². The Labute approximate surface area is 118 Å². The number of fused-ring (bicyclic) bond motifs is 1. The normalized spacial score (nSPS) is 13.6. The zero-order valence-corrected chi connectivity index (χ0v) is 12.0. The summed E-state index contributed by atoms with van der Waals surface area (Å²) in [6.07, 6.45) is 0.801. The highest BCUT2D eigenvalue weighted by Crippen LogP contribution is 2.45. The molecule has 0 unspecified atom stereocenters. The van der Waals surface area contributed by atoms with Gasteiger partial charge in [0.2, 0.25) is 0 Å². The second-order valence-electron chi connectivity index (χ2n) is 4.21. The number of rotatable bonds is 2. The summed E-state index contributed by atoms with van der Waals surface area (Å²) < 4.78 is 17.5. The number of hydrogen-bond donors (Lipinski definition) is 1. The number of nitrogen functional groups attached to an aromatic ring is 1. The number of aromatic nitrogens is 1. The van der Waals surface area contributed by atoms with Crippen molar-refractivity contribution in [3.8, 4) is 22.8 Å². The molecular formula is C13H13BrN2O3. The summed E-state index contributed by atoms with van der Waals surface area (Å²) in [5, 5.41) is 3.73. The van der Waals surface area contributed by atoms with Crippen molar-refractivity contribution in [3.63, 3.8) is 0 Å². The van der Waals surface area contributed by atoms with E-state index in [0.717, 1.165) is 33.5 Å². The molecule has 0 spiro atoms. The Kier molecular flexibility index (Phi) is 3.10. The lowest BCUT2D eigenvalue weighted by atomic mass is 10.0. The van der Waals surface area contributed by atoms with E-state index in [9.17, 15) is 0 Å². The molecule has 19 heavy (non-hydrogen) atoms. The average Bonchev–Trinajstić information content (AvgIpc) is 2.85. The van der Waals surface area contributed by atoms with Crippen LogP contribution in [0.5, 0.6) is 11.5 Å². The van der Waals surface area contributed by atoms with E-state index in [-0.39, 0.29) is 0 Å². The van der Waals surface area contributed by atoms with Gasteiger partial charge in [0.15, 0.2) is 23.1 Å². The standard InChI is InChI=1S/C13H13BrN2O3/c1-2-7-8(10-6-11(15)16-19-10)5-9(14)13-12(7)17-3-4-18-13/h5-6H,2-4H2,1H3,(H2,15,16). The van der Waals surface area contributed by atoms with Gasteiger partial charge in [0.05, 0.1) is 4.47 Å². The molecule has 2 N–H and O–H groups in total. The van der Waals surface area contributed by atoms with E-state index >= 15 is 0 Å². The average molecular weight is 325 g/mol. The van der Waals surface area contributed by atoms with Gasteiger partial charge in [0.25, 0.3) is 0 Å². The van der Waals surface area contributed by atoms with Gasteiger partial charge in [-0.15, -0.1) is 0 Å². The Morgan fingerprint density at radius 2 is 2.00 bits per heavy atom. The predicted molar refractivity (Wildman–Crippen MR) is 74.4 cm³/mol. The summed E-state index contributed by atoms with van der Waals surface area (Å²) in [5.41, 5.74) is 7.57.